The molecule has 1 N–H and O–H groups in total. The van der Waals surface area contributed by atoms with Crippen molar-refractivity contribution in [2.45, 2.75) is 19.8 Å². The number of nitrogens with one attached hydrogen (secondary N) is 1. The predicted molar refractivity (Wildman–Crippen MR) is 94.7 cm³/mol. The van der Waals surface area contributed by atoms with Crippen LogP contribution in [-0.2, 0) is 6.54 Å². The Morgan fingerprint density at radius 3 is 2.41 bits per heavy atom. The average Bonchev–Trinajstić information content (AvgIpc) is 2.62. The molecule has 0 unspecified atom stereocenters. The Kier molecular flexibility index (Phi) is 5.21. The molecule has 0 aliphatic carbocycles. The zero-order valence-electron chi connectivity index (χ0n) is 14.3. The van der Waals surface area contributed by atoms with E-state index in [0.29, 0.717) is 11.3 Å². The van der Waals surface area contributed by atoms with Crippen molar-refractivity contribution in [3.05, 3.63) is 71.8 Å². The van der Waals surface area contributed by atoms with E-state index in [0.717, 1.165) is 16.3 Å². The lowest BCUT2D eigenvalue weighted by molar-refractivity contribution is -0.274. The summed E-state index contributed by atoms with van der Waals surface area (Å²) in [5.41, 5.74) is 1.42. The van der Waals surface area contributed by atoms with Gasteiger partial charge in [0, 0.05) is 11.9 Å². The molecular weight excluding hydrogens is 359 g/mol. The van der Waals surface area contributed by atoms with Crippen LogP contribution in [0.2, 0.25) is 0 Å². The van der Waals surface area contributed by atoms with E-state index in [4.69, 9.17) is 4.74 Å². The smallest absolute Gasteiger partial charge is 0.409 e. The Hall–Kier alpha value is -3.22. The van der Waals surface area contributed by atoms with Crippen LogP contribution < -0.4 is 14.8 Å². The number of alkyl halides is 3. The fourth-order valence-corrected chi connectivity index (χ4v) is 2.60. The van der Waals surface area contributed by atoms with Gasteiger partial charge in [-0.25, -0.2) is 4.79 Å². The lowest BCUT2D eigenvalue weighted by Crippen LogP contribution is -2.26. The molecule has 0 aliphatic heterocycles. The zero-order chi connectivity index (χ0) is 19.4. The van der Waals surface area contributed by atoms with E-state index in [9.17, 15) is 18.0 Å². The molecule has 0 fully saturated rings. The molecule has 0 saturated carbocycles. The zero-order valence-corrected chi connectivity index (χ0v) is 14.3. The van der Waals surface area contributed by atoms with E-state index in [1.807, 2.05) is 43.3 Å². The second kappa shape index (κ2) is 7.57. The minimum Gasteiger partial charge on any atom is -0.409 e. The van der Waals surface area contributed by atoms with Crippen LogP contribution in [0.4, 0.5) is 18.0 Å². The first-order chi connectivity index (χ1) is 12.8. The van der Waals surface area contributed by atoms with Crippen LogP contribution in [0.25, 0.3) is 10.8 Å². The third-order valence-corrected chi connectivity index (χ3v) is 3.87. The van der Waals surface area contributed by atoms with Gasteiger partial charge in [-0.05, 0) is 35.6 Å². The van der Waals surface area contributed by atoms with E-state index < -0.39 is 12.5 Å². The molecule has 0 spiro atoms. The first kappa shape index (κ1) is 18.6. The molecule has 140 valence electrons. The number of fused-ring (bicyclic) bond motifs is 1. The molecule has 0 bridgehead atoms. The summed E-state index contributed by atoms with van der Waals surface area (Å²) in [5.74, 6) is 0.153. The number of rotatable bonds is 4. The van der Waals surface area contributed by atoms with E-state index in [1.165, 1.54) is 24.3 Å². The van der Waals surface area contributed by atoms with Gasteiger partial charge in [0.05, 0.1) is 0 Å². The normalized spacial score (nSPS) is 11.3. The van der Waals surface area contributed by atoms with Crippen molar-refractivity contribution in [1.29, 1.82) is 0 Å². The molecule has 4 nitrogen and oxygen atoms in total. The summed E-state index contributed by atoms with van der Waals surface area (Å²) in [6, 6.07) is 16.6. The van der Waals surface area contributed by atoms with E-state index in [-0.39, 0.29) is 12.3 Å². The average molecular weight is 375 g/mol. The molecule has 3 aromatic rings. The van der Waals surface area contributed by atoms with Crippen molar-refractivity contribution in [1.82, 2.24) is 5.32 Å². The van der Waals surface area contributed by atoms with Crippen molar-refractivity contribution in [2.75, 3.05) is 0 Å². The van der Waals surface area contributed by atoms with Gasteiger partial charge in [-0.15, -0.1) is 13.2 Å². The molecule has 0 aliphatic rings. The highest BCUT2D eigenvalue weighted by atomic mass is 19.4. The number of amides is 1. The molecule has 0 saturated heterocycles. The summed E-state index contributed by atoms with van der Waals surface area (Å²) in [5, 5.41) is 4.35. The van der Waals surface area contributed by atoms with Gasteiger partial charge in [0.15, 0.2) is 0 Å². The fourth-order valence-electron chi connectivity index (χ4n) is 2.60. The highest BCUT2D eigenvalue weighted by Gasteiger charge is 2.30. The Morgan fingerprint density at radius 1 is 1.00 bits per heavy atom. The van der Waals surface area contributed by atoms with Crippen molar-refractivity contribution in [3.63, 3.8) is 0 Å². The third-order valence-electron chi connectivity index (χ3n) is 3.87. The molecule has 0 radical (unpaired) electrons. The number of hydrogen-bond acceptors (Lipinski definition) is 3. The van der Waals surface area contributed by atoms with Gasteiger partial charge in [0.25, 0.3) is 0 Å². The molecule has 3 rings (SSSR count). The molecule has 0 heterocycles. The van der Waals surface area contributed by atoms with Gasteiger partial charge in [-0.2, -0.15) is 0 Å². The van der Waals surface area contributed by atoms with E-state index in [2.05, 4.69) is 10.1 Å². The van der Waals surface area contributed by atoms with Gasteiger partial charge in [-0.3, -0.25) is 0 Å². The molecular formula is C20H16F3NO3. The summed E-state index contributed by atoms with van der Waals surface area (Å²) < 4.78 is 45.7. The SMILES string of the molecule is Cc1ccc2ccccc2c1OC(=O)NCc1ccc(OC(F)(F)F)cc1. The minimum absolute atomic E-state index is 0.106. The van der Waals surface area contributed by atoms with Crippen LogP contribution >= 0.6 is 0 Å². The molecule has 7 heteroatoms. The number of hydrogen-bond donors (Lipinski definition) is 1. The first-order valence-corrected chi connectivity index (χ1v) is 8.10. The Morgan fingerprint density at radius 2 is 1.70 bits per heavy atom. The maximum Gasteiger partial charge on any atom is 0.573 e. The number of ether oxygens (including phenoxy) is 2. The second-order valence-corrected chi connectivity index (χ2v) is 5.87. The van der Waals surface area contributed by atoms with Gasteiger partial charge in [0.2, 0.25) is 0 Å². The summed E-state index contributed by atoms with van der Waals surface area (Å²) >= 11 is 0. The van der Waals surface area contributed by atoms with Gasteiger partial charge in [-0.1, -0.05) is 48.5 Å². The maximum atomic E-state index is 12.2. The predicted octanol–water partition coefficient (Wildman–Crippen LogP) is 5.34. The van der Waals surface area contributed by atoms with Gasteiger partial charge >= 0.3 is 12.5 Å². The Bertz CT molecular complexity index is 953. The monoisotopic (exact) mass is 375 g/mol. The fraction of sp³-hybridized carbons (Fsp3) is 0.150. The second-order valence-electron chi connectivity index (χ2n) is 5.87. The van der Waals surface area contributed by atoms with Crippen LogP contribution in [-0.4, -0.2) is 12.5 Å². The number of benzene rings is 3. The quantitative estimate of drug-likeness (QED) is 0.670. The Balaban J connectivity index is 1.63. The summed E-state index contributed by atoms with van der Waals surface area (Å²) in [6.45, 7) is 1.95. The summed E-state index contributed by atoms with van der Waals surface area (Å²) in [7, 11) is 0. The highest BCUT2D eigenvalue weighted by Crippen LogP contribution is 2.29. The van der Waals surface area contributed by atoms with E-state index in [1.54, 1.807) is 0 Å². The lowest BCUT2D eigenvalue weighted by Gasteiger charge is -2.12. The van der Waals surface area contributed by atoms with Crippen LogP contribution in [0.1, 0.15) is 11.1 Å². The Labute approximate surface area is 153 Å². The van der Waals surface area contributed by atoms with Gasteiger partial charge in [0.1, 0.15) is 11.5 Å². The minimum atomic E-state index is -4.74. The summed E-state index contributed by atoms with van der Waals surface area (Å²) in [6.07, 6.45) is -5.38. The number of carbonyl (C=O) groups is 1. The maximum absolute atomic E-state index is 12.2. The van der Waals surface area contributed by atoms with Crippen LogP contribution in [0.3, 0.4) is 0 Å². The van der Waals surface area contributed by atoms with Crippen LogP contribution in [0.15, 0.2) is 60.7 Å². The largest absolute Gasteiger partial charge is 0.573 e. The van der Waals surface area contributed by atoms with Crippen LogP contribution in [0, 0.1) is 6.92 Å². The van der Waals surface area contributed by atoms with Crippen molar-refractivity contribution in [2.24, 2.45) is 0 Å². The lowest BCUT2D eigenvalue weighted by atomic mass is 10.1. The molecule has 1 amide bonds. The van der Waals surface area contributed by atoms with Gasteiger partial charge < -0.3 is 14.8 Å². The highest BCUT2D eigenvalue weighted by molar-refractivity contribution is 5.91. The molecule has 27 heavy (non-hydrogen) atoms. The van der Waals surface area contributed by atoms with Crippen molar-refractivity contribution < 1.29 is 27.4 Å². The van der Waals surface area contributed by atoms with Crippen molar-refractivity contribution in [3.8, 4) is 11.5 Å². The van der Waals surface area contributed by atoms with E-state index >= 15 is 0 Å². The third kappa shape index (κ3) is 4.91. The summed E-state index contributed by atoms with van der Waals surface area (Å²) in [4.78, 5) is 12.1. The molecule has 0 atom stereocenters. The van der Waals surface area contributed by atoms with Crippen molar-refractivity contribution >= 4 is 16.9 Å². The van der Waals surface area contributed by atoms with Crippen LogP contribution in [0.5, 0.6) is 11.5 Å². The standard InChI is InChI=1S/C20H16F3NO3/c1-13-6-9-15-4-2-3-5-17(15)18(13)26-19(25)24-12-14-7-10-16(11-8-14)27-20(21,22)23/h2-11H,12H2,1H3,(H,24,25). The molecule has 3 aromatic carbocycles. The number of halogens is 3. The number of aryl methyl sites for hydroxylation is 1. The first-order valence-electron chi connectivity index (χ1n) is 8.10. The molecule has 0 aromatic heterocycles. The number of carbonyl (C=O) groups excluding carboxylic acids is 1. The topological polar surface area (TPSA) is 47.6 Å².